The molecule has 0 spiro atoms. The molecule has 1 aromatic rings. The summed E-state index contributed by atoms with van der Waals surface area (Å²) in [7, 11) is 0. The molecule has 0 bridgehead atoms. The predicted molar refractivity (Wildman–Crippen MR) is 53.6 cm³/mol. The third-order valence-corrected chi connectivity index (χ3v) is 2.22. The molecule has 2 nitrogen and oxygen atoms in total. The van der Waals surface area contributed by atoms with Gasteiger partial charge in [-0.15, -0.1) is 0 Å². The Morgan fingerprint density at radius 1 is 1.47 bits per heavy atom. The van der Waals surface area contributed by atoms with E-state index in [2.05, 4.69) is 0 Å². The summed E-state index contributed by atoms with van der Waals surface area (Å²) in [5.74, 6) is -2.56. The minimum Gasteiger partial charge on any atom is -0.327 e. The van der Waals surface area contributed by atoms with Crippen LogP contribution in [0.2, 0.25) is 0 Å². The highest BCUT2D eigenvalue weighted by Crippen LogP contribution is 2.14. The van der Waals surface area contributed by atoms with Gasteiger partial charge < -0.3 is 5.73 Å². The summed E-state index contributed by atoms with van der Waals surface area (Å²) in [6, 6.07) is 3.25. The van der Waals surface area contributed by atoms with Gasteiger partial charge in [-0.25, -0.2) is 8.78 Å². The lowest BCUT2D eigenvalue weighted by molar-refractivity contribution is 0.0969. The van der Waals surface area contributed by atoms with Crippen molar-refractivity contribution in [3.63, 3.8) is 0 Å². The van der Waals surface area contributed by atoms with Crippen LogP contribution in [-0.4, -0.2) is 11.8 Å². The Labute approximate surface area is 87.1 Å². The number of halogens is 2. The van der Waals surface area contributed by atoms with Gasteiger partial charge in [0.05, 0.1) is 5.56 Å². The number of benzene rings is 1. The first-order valence-electron chi connectivity index (χ1n) is 4.79. The molecule has 0 heterocycles. The smallest absolute Gasteiger partial charge is 0.169 e. The fourth-order valence-electron chi connectivity index (χ4n) is 1.21. The Hall–Kier alpha value is -1.29. The van der Waals surface area contributed by atoms with Gasteiger partial charge in [0.1, 0.15) is 0 Å². The highest BCUT2D eigenvalue weighted by atomic mass is 19.2. The molecule has 1 unspecified atom stereocenters. The van der Waals surface area contributed by atoms with E-state index in [9.17, 15) is 13.6 Å². The topological polar surface area (TPSA) is 43.1 Å². The standard InChI is InChI=1S/C11H13F2NO/c1-2-7(14)6-10(15)8-4-3-5-9(12)11(8)13/h3-5,7H,2,6,14H2,1H3. The molecule has 0 aromatic heterocycles. The first-order valence-corrected chi connectivity index (χ1v) is 4.79. The quantitative estimate of drug-likeness (QED) is 0.779. The monoisotopic (exact) mass is 213 g/mol. The number of Topliss-reactive ketones (excluding diaryl/α,β-unsaturated/α-hetero) is 1. The molecule has 4 heteroatoms. The van der Waals surface area contributed by atoms with Gasteiger partial charge in [0.2, 0.25) is 0 Å². The molecule has 0 aliphatic carbocycles. The summed E-state index contributed by atoms with van der Waals surface area (Å²) in [6.07, 6.45) is 0.666. The van der Waals surface area contributed by atoms with Crippen molar-refractivity contribution in [1.82, 2.24) is 0 Å². The zero-order valence-electron chi connectivity index (χ0n) is 8.47. The first kappa shape index (κ1) is 11.8. The van der Waals surface area contributed by atoms with E-state index in [0.29, 0.717) is 6.42 Å². The maximum absolute atomic E-state index is 13.2. The molecule has 1 aromatic carbocycles. The third kappa shape index (κ3) is 2.83. The van der Waals surface area contributed by atoms with Crippen LogP contribution in [-0.2, 0) is 0 Å². The lowest BCUT2D eigenvalue weighted by atomic mass is 10.0. The van der Waals surface area contributed by atoms with E-state index in [1.807, 2.05) is 6.92 Å². The highest BCUT2D eigenvalue weighted by molar-refractivity contribution is 5.96. The Morgan fingerprint density at radius 2 is 2.13 bits per heavy atom. The molecule has 0 aliphatic heterocycles. The van der Waals surface area contributed by atoms with Crippen molar-refractivity contribution in [2.75, 3.05) is 0 Å². The van der Waals surface area contributed by atoms with E-state index < -0.39 is 17.4 Å². The zero-order chi connectivity index (χ0) is 11.4. The summed E-state index contributed by atoms with van der Waals surface area (Å²) in [4.78, 5) is 11.5. The molecular formula is C11H13F2NO. The van der Waals surface area contributed by atoms with Crippen LogP contribution in [0.3, 0.4) is 0 Å². The van der Waals surface area contributed by atoms with E-state index in [1.165, 1.54) is 12.1 Å². The highest BCUT2D eigenvalue weighted by Gasteiger charge is 2.16. The van der Waals surface area contributed by atoms with Crippen LogP contribution < -0.4 is 5.73 Å². The van der Waals surface area contributed by atoms with Crippen LogP contribution >= 0.6 is 0 Å². The average molecular weight is 213 g/mol. The summed E-state index contributed by atoms with van der Waals surface area (Å²) in [6.45, 7) is 1.83. The van der Waals surface area contributed by atoms with E-state index in [4.69, 9.17) is 5.73 Å². The van der Waals surface area contributed by atoms with E-state index in [0.717, 1.165) is 6.07 Å². The Bertz CT molecular complexity index is 366. The molecule has 0 saturated heterocycles. The minimum atomic E-state index is -1.09. The van der Waals surface area contributed by atoms with Crippen molar-refractivity contribution in [3.8, 4) is 0 Å². The maximum atomic E-state index is 13.2. The van der Waals surface area contributed by atoms with Gasteiger partial charge in [-0.05, 0) is 18.6 Å². The molecule has 0 saturated carbocycles. The fraction of sp³-hybridized carbons (Fsp3) is 0.364. The van der Waals surface area contributed by atoms with Crippen LogP contribution in [0.25, 0.3) is 0 Å². The van der Waals surface area contributed by atoms with Gasteiger partial charge in [0.25, 0.3) is 0 Å². The van der Waals surface area contributed by atoms with Gasteiger partial charge >= 0.3 is 0 Å². The first-order chi connectivity index (χ1) is 7.06. The van der Waals surface area contributed by atoms with Crippen LogP contribution in [0.5, 0.6) is 0 Å². The molecule has 15 heavy (non-hydrogen) atoms. The van der Waals surface area contributed by atoms with Crippen molar-refractivity contribution in [2.24, 2.45) is 5.73 Å². The number of ketones is 1. The summed E-state index contributed by atoms with van der Waals surface area (Å²) in [5, 5.41) is 0. The van der Waals surface area contributed by atoms with E-state index in [-0.39, 0.29) is 18.0 Å². The predicted octanol–water partition coefficient (Wildman–Crippen LogP) is 2.27. The van der Waals surface area contributed by atoms with Gasteiger partial charge in [-0.1, -0.05) is 13.0 Å². The van der Waals surface area contributed by atoms with Crippen LogP contribution in [0, 0.1) is 11.6 Å². The van der Waals surface area contributed by atoms with Crippen LogP contribution in [0.15, 0.2) is 18.2 Å². The lowest BCUT2D eigenvalue weighted by Crippen LogP contribution is -2.23. The number of carbonyl (C=O) groups excluding carboxylic acids is 1. The van der Waals surface area contributed by atoms with Crippen LogP contribution in [0.1, 0.15) is 30.1 Å². The number of hydrogen-bond donors (Lipinski definition) is 1. The molecule has 0 amide bonds. The molecule has 1 atom stereocenters. The van der Waals surface area contributed by atoms with Crippen molar-refractivity contribution < 1.29 is 13.6 Å². The molecule has 2 N–H and O–H groups in total. The van der Waals surface area contributed by atoms with Crippen molar-refractivity contribution >= 4 is 5.78 Å². The number of carbonyl (C=O) groups is 1. The van der Waals surface area contributed by atoms with Gasteiger partial charge in [0, 0.05) is 12.5 Å². The zero-order valence-corrected chi connectivity index (χ0v) is 8.47. The van der Waals surface area contributed by atoms with E-state index in [1.54, 1.807) is 0 Å². The molecule has 0 radical (unpaired) electrons. The molecule has 0 fully saturated rings. The summed E-state index contributed by atoms with van der Waals surface area (Å²) in [5.41, 5.74) is 5.34. The fourth-order valence-corrected chi connectivity index (χ4v) is 1.21. The second-order valence-electron chi connectivity index (χ2n) is 3.40. The second kappa shape index (κ2) is 4.98. The molecule has 0 aliphatic rings. The van der Waals surface area contributed by atoms with Crippen molar-refractivity contribution in [1.29, 1.82) is 0 Å². The van der Waals surface area contributed by atoms with Crippen molar-refractivity contribution in [3.05, 3.63) is 35.4 Å². The largest absolute Gasteiger partial charge is 0.327 e. The summed E-state index contributed by atoms with van der Waals surface area (Å²) < 4.78 is 26.0. The van der Waals surface area contributed by atoms with Gasteiger partial charge in [-0.3, -0.25) is 4.79 Å². The third-order valence-electron chi connectivity index (χ3n) is 2.22. The SMILES string of the molecule is CCC(N)CC(=O)c1cccc(F)c1F. The summed E-state index contributed by atoms with van der Waals surface area (Å²) >= 11 is 0. The van der Waals surface area contributed by atoms with E-state index >= 15 is 0 Å². The number of hydrogen-bond acceptors (Lipinski definition) is 2. The molecular weight excluding hydrogens is 200 g/mol. The molecule has 82 valence electrons. The minimum absolute atomic E-state index is 0.0386. The molecule has 1 rings (SSSR count). The average Bonchev–Trinajstić information content (AvgIpc) is 2.21. The number of nitrogens with two attached hydrogens (primary N) is 1. The Morgan fingerprint density at radius 3 is 2.73 bits per heavy atom. The van der Waals surface area contributed by atoms with Crippen molar-refractivity contribution in [2.45, 2.75) is 25.8 Å². The Balaban J connectivity index is 2.87. The normalized spacial score (nSPS) is 12.5. The Kier molecular flexibility index (Phi) is 3.91. The number of rotatable bonds is 4. The second-order valence-corrected chi connectivity index (χ2v) is 3.40. The van der Waals surface area contributed by atoms with Crippen LogP contribution in [0.4, 0.5) is 8.78 Å². The van der Waals surface area contributed by atoms with Gasteiger partial charge in [-0.2, -0.15) is 0 Å². The van der Waals surface area contributed by atoms with Gasteiger partial charge in [0.15, 0.2) is 17.4 Å². The lowest BCUT2D eigenvalue weighted by Gasteiger charge is -2.08. The maximum Gasteiger partial charge on any atom is 0.169 e.